The van der Waals surface area contributed by atoms with E-state index in [4.69, 9.17) is 10.2 Å². The first-order valence-corrected chi connectivity index (χ1v) is 4.49. The van der Waals surface area contributed by atoms with Crippen LogP contribution >= 0.6 is 0 Å². The minimum absolute atomic E-state index is 0.259. The van der Waals surface area contributed by atoms with E-state index in [1.54, 1.807) is 18.3 Å². The summed E-state index contributed by atoms with van der Waals surface area (Å²) in [5.74, 6) is -0.0157. The molecular formula is C9H10N4O2. The number of carbonyl (C=O) groups is 1. The monoisotopic (exact) mass is 206 g/mol. The number of carbonyl (C=O) groups excluding carboxylic acids is 1. The van der Waals surface area contributed by atoms with Gasteiger partial charge < -0.3 is 10.2 Å². The molecule has 15 heavy (non-hydrogen) atoms. The molecule has 0 amide bonds. The predicted octanol–water partition coefficient (Wildman–Crippen LogP) is 0.0608. The maximum Gasteiger partial charge on any atom is 0.249 e. The Morgan fingerprint density at radius 3 is 3.13 bits per heavy atom. The summed E-state index contributed by atoms with van der Waals surface area (Å²) in [5, 5.41) is 7.50. The van der Waals surface area contributed by atoms with Gasteiger partial charge in [-0.2, -0.15) is 0 Å². The summed E-state index contributed by atoms with van der Waals surface area (Å²) in [6.45, 7) is 0.996. The average Bonchev–Trinajstić information content (AvgIpc) is 2.87. The van der Waals surface area contributed by atoms with Crippen LogP contribution in [0.2, 0.25) is 0 Å². The lowest BCUT2D eigenvalue weighted by Gasteiger charge is -1.92. The highest BCUT2D eigenvalue weighted by Gasteiger charge is 2.15. The van der Waals surface area contributed by atoms with E-state index >= 15 is 0 Å². The zero-order valence-corrected chi connectivity index (χ0v) is 7.96. The van der Waals surface area contributed by atoms with Crippen LogP contribution in [0.25, 0.3) is 0 Å². The van der Waals surface area contributed by atoms with Crippen molar-refractivity contribution < 1.29 is 9.21 Å². The van der Waals surface area contributed by atoms with Crippen molar-refractivity contribution in [1.82, 2.24) is 15.0 Å². The lowest BCUT2D eigenvalue weighted by molar-refractivity contribution is 0.100. The molecule has 2 rings (SSSR count). The van der Waals surface area contributed by atoms with Gasteiger partial charge in [-0.05, 0) is 12.1 Å². The van der Waals surface area contributed by atoms with E-state index in [0.717, 1.165) is 0 Å². The predicted molar refractivity (Wildman–Crippen MR) is 51.2 cm³/mol. The van der Waals surface area contributed by atoms with E-state index in [1.807, 2.05) is 0 Å². The Bertz CT molecular complexity index is 446. The number of rotatable bonds is 4. The van der Waals surface area contributed by atoms with E-state index in [-0.39, 0.29) is 17.2 Å². The van der Waals surface area contributed by atoms with Crippen LogP contribution < -0.4 is 5.73 Å². The molecule has 0 radical (unpaired) electrons. The molecule has 0 atom stereocenters. The van der Waals surface area contributed by atoms with Crippen LogP contribution in [0.3, 0.4) is 0 Å². The van der Waals surface area contributed by atoms with Crippen molar-refractivity contribution in [2.45, 2.75) is 6.54 Å². The summed E-state index contributed by atoms with van der Waals surface area (Å²) >= 11 is 0. The number of furan rings is 1. The molecule has 0 fully saturated rings. The second kappa shape index (κ2) is 4.05. The Morgan fingerprint density at radius 1 is 1.60 bits per heavy atom. The van der Waals surface area contributed by atoms with Crippen molar-refractivity contribution in [1.29, 1.82) is 0 Å². The van der Waals surface area contributed by atoms with Crippen LogP contribution in [-0.2, 0) is 6.54 Å². The van der Waals surface area contributed by atoms with Gasteiger partial charge >= 0.3 is 0 Å². The number of nitrogens with zero attached hydrogens (tertiary/aromatic N) is 3. The molecule has 0 saturated carbocycles. The molecule has 2 N–H and O–H groups in total. The highest BCUT2D eigenvalue weighted by Crippen LogP contribution is 2.07. The van der Waals surface area contributed by atoms with Gasteiger partial charge in [0.2, 0.25) is 5.78 Å². The molecule has 0 aromatic carbocycles. The van der Waals surface area contributed by atoms with Gasteiger partial charge in [0.25, 0.3) is 0 Å². The first-order valence-electron chi connectivity index (χ1n) is 4.49. The van der Waals surface area contributed by atoms with E-state index in [1.165, 1.54) is 10.9 Å². The van der Waals surface area contributed by atoms with Gasteiger partial charge in [0.1, 0.15) is 0 Å². The van der Waals surface area contributed by atoms with Crippen LogP contribution in [0, 0.1) is 0 Å². The molecule has 2 heterocycles. The lowest BCUT2D eigenvalue weighted by atomic mass is 10.2. The molecule has 6 heteroatoms. The third-order valence-corrected chi connectivity index (χ3v) is 1.87. The van der Waals surface area contributed by atoms with Gasteiger partial charge in [0.05, 0.1) is 19.0 Å². The minimum Gasteiger partial charge on any atom is -0.461 e. The third kappa shape index (κ3) is 1.94. The maximum absolute atomic E-state index is 11.7. The Labute approximate surface area is 85.7 Å². The fraction of sp³-hybridized carbons (Fsp3) is 0.222. The zero-order chi connectivity index (χ0) is 10.7. The summed E-state index contributed by atoms with van der Waals surface area (Å²) in [5.41, 5.74) is 5.61. The molecule has 0 spiro atoms. The standard InChI is InChI=1S/C9H10N4O2/c10-3-4-13-6-7(11-12-13)9(14)8-2-1-5-15-8/h1-2,5-6H,3-4,10H2. The van der Waals surface area contributed by atoms with Gasteiger partial charge in [0.15, 0.2) is 11.5 Å². The zero-order valence-electron chi connectivity index (χ0n) is 7.96. The van der Waals surface area contributed by atoms with Crippen molar-refractivity contribution in [3.05, 3.63) is 36.0 Å². The number of aromatic nitrogens is 3. The SMILES string of the molecule is NCCn1cc(C(=O)c2ccco2)nn1. The van der Waals surface area contributed by atoms with Crippen LogP contribution in [0.4, 0.5) is 0 Å². The Balaban J connectivity index is 2.19. The second-order valence-electron chi connectivity index (χ2n) is 2.96. The number of hydrogen-bond donors (Lipinski definition) is 1. The minimum atomic E-state index is -0.275. The van der Waals surface area contributed by atoms with Crippen molar-refractivity contribution in [2.75, 3.05) is 6.54 Å². The first kappa shape index (κ1) is 9.60. The van der Waals surface area contributed by atoms with Gasteiger partial charge in [-0.15, -0.1) is 5.10 Å². The maximum atomic E-state index is 11.7. The Morgan fingerprint density at radius 2 is 2.47 bits per heavy atom. The second-order valence-corrected chi connectivity index (χ2v) is 2.96. The molecule has 0 saturated heterocycles. The van der Waals surface area contributed by atoms with Gasteiger partial charge in [-0.25, -0.2) is 0 Å². The van der Waals surface area contributed by atoms with Crippen molar-refractivity contribution in [2.24, 2.45) is 5.73 Å². The summed E-state index contributed by atoms with van der Waals surface area (Å²) in [7, 11) is 0. The average molecular weight is 206 g/mol. The topological polar surface area (TPSA) is 86.9 Å². The number of nitrogens with two attached hydrogens (primary N) is 1. The molecule has 0 aliphatic rings. The first-order chi connectivity index (χ1) is 7.31. The molecule has 0 aliphatic heterocycles. The normalized spacial score (nSPS) is 10.5. The summed E-state index contributed by atoms with van der Waals surface area (Å²) in [6.07, 6.45) is 3.00. The quantitative estimate of drug-likeness (QED) is 0.715. The summed E-state index contributed by atoms with van der Waals surface area (Å²) in [6, 6.07) is 3.24. The van der Waals surface area contributed by atoms with Gasteiger partial charge in [-0.1, -0.05) is 5.21 Å². The highest BCUT2D eigenvalue weighted by molar-refractivity contribution is 6.05. The third-order valence-electron chi connectivity index (χ3n) is 1.87. The fourth-order valence-corrected chi connectivity index (χ4v) is 1.18. The van der Waals surface area contributed by atoms with Crippen LogP contribution in [0.5, 0.6) is 0 Å². The molecule has 0 aliphatic carbocycles. The van der Waals surface area contributed by atoms with E-state index < -0.39 is 0 Å². The molecule has 0 bridgehead atoms. The van der Waals surface area contributed by atoms with Crippen molar-refractivity contribution in [3.8, 4) is 0 Å². The lowest BCUT2D eigenvalue weighted by Crippen LogP contribution is -2.10. The molecule has 6 nitrogen and oxygen atoms in total. The van der Waals surface area contributed by atoms with E-state index in [0.29, 0.717) is 13.1 Å². The molecule has 2 aromatic heterocycles. The summed E-state index contributed by atoms with van der Waals surface area (Å²) < 4.78 is 6.49. The Hall–Kier alpha value is -1.95. The fourth-order valence-electron chi connectivity index (χ4n) is 1.18. The van der Waals surface area contributed by atoms with E-state index in [2.05, 4.69) is 10.3 Å². The number of ketones is 1. The number of hydrogen-bond acceptors (Lipinski definition) is 5. The van der Waals surface area contributed by atoms with Crippen molar-refractivity contribution in [3.63, 3.8) is 0 Å². The molecular weight excluding hydrogens is 196 g/mol. The van der Waals surface area contributed by atoms with Gasteiger partial charge in [-0.3, -0.25) is 9.48 Å². The Kier molecular flexibility index (Phi) is 2.59. The van der Waals surface area contributed by atoms with Crippen LogP contribution in [0.1, 0.15) is 16.2 Å². The van der Waals surface area contributed by atoms with Gasteiger partial charge in [0, 0.05) is 6.54 Å². The van der Waals surface area contributed by atoms with Crippen LogP contribution in [-0.4, -0.2) is 27.3 Å². The largest absolute Gasteiger partial charge is 0.461 e. The molecule has 0 unspecified atom stereocenters. The smallest absolute Gasteiger partial charge is 0.249 e. The van der Waals surface area contributed by atoms with Crippen molar-refractivity contribution >= 4 is 5.78 Å². The summed E-state index contributed by atoms with van der Waals surface area (Å²) in [4.78, 5) is 11.7. The highest BCUT2D eigenvalue weighted by atomic mass is 16.3. The van der Waals surface area contributed by atoms with Crippen LogP contribution in [0.15, 0.2) is 29.0 Å². The van der Waals surface area contributed by atoms with E-state index in [9.17, 15) is 4.79 Å². The molecule has 2 aromatic rings. The molecule has 78 valence electrons.